The second-order valence-electron chi connectivity index (χ2n) is 8.39. The number of hydrogen-bond donors (Lipinski definition) is 0. The van der Waals surface area contributed by atoms with Gasteiger partial charge in [0.15, 0.2) is 0 Å². The molecule has 1 aliphatic rings. The minimum Gasteiger partial charge on any atom is -0.493 e. The van der Waals surface area contributed by atoms with E-state index in [9.17, 15) is 30.7 Å². The third-order valence-electron chi connectivity index (χ3n) is 5.91. The monoisotopic (exact) mass is 478 g/mol. The van der Waals surface area contributed by atoms with Crippen LogP contribution in [0.5, 0.6) is 5.75 Å². The lowest BCUT2D eigenvalue weighted by Gasteiger charge is -2.28. The molecule has 2 aromatic rings. The average Bonchev–Trinajstić information content (AvgIpc) is 2.71. The van der Waals surface area contributed by atoms with Gasteiger partial charge in [0.05, 0.1) is 6.61 Å². The topological polar surface area (TPSA) is 18.5 Å². The minimum absolute atomic E-state index is 0.114. The molecule has 0 amide bonds. The van der Waals surface area contributed by atoms with E-state index in [4.69, 9.17) is 4.74 Å². The molecule has 9 heteroatoms. The maximum absolute atomic E-state index is 14.2. The normalized spacial score (nSPS) is 19.5. The Morgan fingerprint density at radius 1 is 0.818 bits per heavy atom. The zero-order valence-electron chi connectivity index (χ0n) is 18.0. The summed E-state index contributed by atoms with van der Waals surface area (Å²) < 4.78 is 100. The van der Waals surface area contributed by atoms with Crippen LogP contribution in [-0.4, -0.2) is 13.0 Å². The van der Waals surface area contributed by atoms with E-state index in [0.717, 1.165) is 18.8 Å². The molecule has 0 aromatic heterocycles. The number of rotatable bonds is 8. The van der Waals surface area contributed by atoms with Crippen LogP contribution in [0.4, 0.5) is 30.7 Å². The quantitative estimate of drug-likeness (QED) is 0.356. The highest BCUT2D eigenvalue weighted by Gasteiger charge is 2.49. The van der Waals surface area contributed by atoms with Crippen molar-refractivity contribution < 1.29 is 40.2 Å². The maximum Gasteiger partial charge on any atom is 0.527 e. The van der Waals surface area contributed by atoms with Crippen molar-refractivity contribution in [3.05, 3.63) is 53.6 Å². The van der Waals surface area contributed by atoms with Gasteiger partial charge < -0.3 is 4.74 Å². The van der Waals surface area contributed by atoms with Crippen LogP contribution in [-0.2, 0) is 10.8 Å². The summed E-state index contributed by atoms with van der Waals surface area (Å²) in [6, 6.07) is 7.23. The molecule has 2 aromatic carbocycles. The predicted molar refractivity (Wildman–Crippen MR) is 109 cm³/mol. The lowest BCUT2D eigenvalue weighted by atomic mass is 9.80. The van der Waals surface area contributed by atoms with Gasteiger partial charge in [-0.3, -0.25) is 0 Å². The lowest BCUT2D eigenvalue weighted by Crippen LogP contribution is -2.29. The molecule has 2 nitrogen and oxygen atoms in total. The van der Waals surface area contributed by atoms with Crippen molar-refractivity contribution >= 4 is 0 Å². The zero-order valence-corrected chi connectivity index (χ0v) is 18.0. The molecule has 0 heterocycles. The Labute approximate surface area is 187 Å². The van der Waals surface area contributed by atoms with E-state index in [1.807, 2.05) is 0 Å². The lowest BCUT2D eigenvalue weighted by molar-refractivity contribution is -0.432. The SMILES string of the molecule is CCCC1CCC(COc2ccc(-c3cc(F)c(C(F)(F)OC(F)(F)F)c(F)c3)cc2)CC1. The first kappa shape index (κ1) is 25.3. The van der Waals surface area contributed by atoms with Crippen LogP contribution in [0.1, 0.15) is 51.0 Å². The van der Waals surface area contributed by atoms with Gasteiger partial charge in [0, 0.05) is 0 Å². The molecule has 33 heavy (non-hydrogen) atoms. The molecule has 182 valence electrons. The fourth-order valence-electron chi connectivity index (χ4n) is 4.27. The molecule has 0 spiro atoms. The van der Waals surface area contributed by atoms with Crippen LogP contribution in [0.2, 0.25) is 0 Å². The first-order chi connectivity index (χ1) is 15.5. The molecular weight excluding hydrogens is 453 g/mol. The summed E-state index contributed by atoms with van der Waals surface area (Å²) in [5, 5.41) is 0. The maximum atomic E-state index is 14.2. The molecule has 1 saturated carbocycles. The number of hydrogen-bond acceptors (Lipinski definition) is 2. The molecule has 3 rings (SSSR count). The van der Waals surface area contributed by atoms with Crippen molar-refractivity contribution in [3.8, 4) is 16.9 Å². The number of benzene rings is 2. The van der Waals surface area contributed by atoms with Crippen LogP contribution in [0.25, 0.3) is 11.1 Å². The highest BCUT2D eigenvalue weighted by Crippen LogP contribution is 2.40. The van der Waals surface area contributed by atoms with Gasteiger partial charge in [0.2, 0.25) is 0 Å². The summed E-state index contributed by atoms with van der Waals surface area (Å²) in [6.45, 7) is 2.75. The molecule has 0 saturated heterocycles. The first-order valence-corrected chi connectivity index (χ1v) is 10.9. The Balaban J connectivity index is 1.65. The smallest absolute Gasteiger partial charge is 0.493 e. The molecule has 0 bridgehead atoms. The summed E-state index contributed by atoms with van der Waals surface area (Å²) in [7, 11) is 0. The standard InChI is InChI=1S/C24H25F7O2/c1-2-3-15-4-6-16(7-5-15)14-32-19-10-8-17(9-11-19)18-12-20(25)22(21(26)13-18)23(27,28)33-24(29,30)31/h8-13,15-16H,2-7,14H2,1H3. The van der Waals surface area contributed by atoms with Crippen molar-refractivity contribution in [1.29, 1.82) is 0 Å². The molecule has 1 aliphatic carbocycles. The van der Waals surface area contributed by atoms with Gasteiger partial charge >= 0.3 is 12.5 Å². The largest absolute Gasteiger partial charge is 0.527 e. The molecule has 0 radical (unpaired) electrons. The van der Waals surface area contributed by atoms with E-state index in [0.29, 0.717) is 30.4 Å². The van der Waals surface area contributed by atoms with E-state index in [1.165, 1.54) is 37.8 Å². The molecule has 0 unspecified atom stereocenters. The van der Waals surface area contributed by atoms with E-state index in [-0.39, 0.29) is 11.1 Å². The first-order valence-electron chi connectivity index (χ1n) is 10.9. The van der Waals surface area contributed by atoms with Gasteiger partial charge in [-0.1, -0.05) is 44.7 Å². The Bertz CT molecular complexity index is 894. The summed E-state index contributed by atoms with van der Waals surface area (Å²) in [5.74, 6) is -1.89. The van der Waals surface area contributed by atoms with Gasteiger partial charge in [-0.15, -0.1) is 13.2 Å². The second-order valence-corrected chi connectivity index (χ2v) is 8.39. The van der Waals surface area contributed by atoms with Crippen molar-refractivity contribution in [2.24, 2.45) is 11.8 Å². The average molecular weight is 478 g/mol. The van der Waals surface area contributed by atoms with Gasteiger partial charge in [0.1, 0.15) is 22.9 Å². The highest BCUT2D eigenvalue weighted by molar-refractivity contribution is 5.65. The van der Waals surface area contributed by atoms with Crippen LogP contribution in [0.3, 0.4) is 0 Å². The second kappa shape index (κ2) is 10.3. The van der Waals surface area contributed by atoms with E-state index in [2.05, 4.69) is 11.7 Å². The van der Waals surface area contributed by atoms with Crippen LogP contribution in [0.15, 0.2) is 36.4 Å². The van der Waals surface area contributed by atoms with Crippen molar-refractivity contribution in [3.63, 3.8) is 0 Å². The van der Waals surface area contributed by atoms with Gasteiger partial charge in [0.25, 0.3) is 0 Å². The Morgan fingerprint density at radius 3 is 1.88 bits per heavy atom. The van der Waals surface area contributed by atoms with E-state index in [1.54, 1.807) is 12.1 Å². The predicted octanol–water partition coefficient (Wildman–Crippen LogP) is 8.20. The van der Waals surface area contributed by atoms with Crippen molar-refractivity contribution in [2.45, 2.75) is 57.9 Å². The molecular formula is C24H25F7O2. The minimum atomic E-state index is -5.77. The Hall–Kier alpha value is -2.29. The summed E-state index contributed by atoms with van der Waals surface area (Å²) in [5.41, 5.74) is -1.93. The zero-order chi connectivity index (χ0) is 24.2. The molecule has 1 fully saturated rings. The van der Waals surface area contributed by atoms with Gasteiger partial charge in [-0.05, 0) is 60.1 Å². The fraction of sp³-hybridized carbons (Fsp3) is 0.500. The van der Waals surface area contributed by atoms with Crippen LogP contribution >= 0.6 is 0 Å². The fourth-order valence-corrected chi connectivity index (χ4v) is 4.27. The summed E-state index contributed by atoms with van der Waals surface area (Å²) >= 11 is 0. The number of ether oxygens (including phenoxy) is 2. The third kappa shape index (κ3) is 6.85. The van der Waals surface area contributed by atoms with Crippen molar-refractivity contribution in [1.82, 2.24) is 0 Å². The summed E-state index contributed by atoms with van der Waals surface area (Å²) in [6.07, 6.45) is -3.93. The van der Waals surface area contributed by atoms with E-state index < -0.39 is 29.7 Å². The summed E-state index contributed by atoms with van der Waals surface area (Å²) in [4.78, 5) is 0. The highest BCUT2D eigenvalue weighted by atomic mass is 19.4. The molecule has 0 N–H and O–H groups in total. The van der Waals surface area contributed by atoms with Gasteiger partial charge in [-0.25, -0.2) is 13.5 Å². The van der Waals surface area contributed by atoms with Crippen molar-refractivity contribution in [2.75, 3.05) is 6.61 Å². The molecule has 0 atom stereocenters. The molecule has 0 aliphatic heterocycles. The Kier molecular flexibility index (Phi) is 7.92. The van der Waals surface area contributed by atoms with Crippen LogP contribution < -0.4 is 4.74 Å². The van der Waals surface area contributed by atoms with Crippen LogP contribution in [0, 0.1) is 23.5 Å². The number of alkyl halides is 5. The van der Waals surface area contributed by atoms with Gasteiger partial charge in [-0.2, -0.15) is 8.78 Å². The number of halogens is 7. The Morgan fingerprint density at radius 2 is 1.36 bits per heavy atom. The van der Waals surface area contributed by atoms with E-state index >= 15 is 0 Å². The third-order valence-corrected chi connectivity index (χ3v) is 5.91.